The fraction of sp³-hybridized carbons (Fsp3) is 0.615. The Morgan fingerprint density at radius 3 is 2.76 bits per heavy atom. The van der Waals surface area contributed by atoms with Crippen molar-refractivity contribution in [2.75, 3.05) is 29.9 Å². The summed E-state index contributed by atoms with van der Waals surface area (Å²) >= 11 is 0. The Morgan fingerprint density at radius 1 is 1.43 bits per heavy atom. The van der Waals surface area contributed by atoms with E-state index in [-0.39, 0.29) is 35.7 Å². The van der Waals surface area contributed by atoms with Crippen LogP contribution in [0.1, 0.15) is 30.8 Å². The fourth-order valence-corrected chi connectivity index (χ4v) is 3.80. The summed E-state index contributed by atoms with van der Waals surface area (Å²) in [5, 5.41) is 11.0. The number of anilines is 1. The highest BCUT2D eigenvalue weighted by Gasteiger charge is 2.32. The van der Waals surface area contributed by atoms with Crippen molar-refractivity contribution in [2.24, 2.45) is 0 Å². The van der Waals surface area contributed by atoms with Gasteiger partial charge in [0.25, 0.3) is 5.91 Å². The molecule has 1 N–H and O–H groups in total. The molecule has 0 radical (unpaired) electrons. The summed E-state index contributed by atoms with van der Waals surface area (Å²) in [6.45, 7) is 4.78. The van der Waals surface area contributed by atoms with Crippen LogP contribution in [0.5, 0.6) is 0 Å². The molecule has 1 unspecified atom stereocenters. The van der Waals surface area contributed by atoms with Crippen molar-refractivity contribution in [1.29, 1.82) is 0 Å². The summed E-state index contributed by atoms with van der Waals surface area (Å²) in [4.78, 5) is 13.9. The van der Waals surface area contributed by atoms with Crippen LogP contribution in [0.2, 0.25) is 0 Å². The van der Waals surface area contributed by atoms with Gasteiger partial charge in [0, 0.05) is 19.1 Å². The number of hydrogen-bond donors (Lipinski definition) is 1. The van der Waals surface area contributed by atoms with Crippen LogP contribution < -0.4 is 5.32 Å². The lowest BCUT2D eigenvalue weighted by Crippen LogP contribution is -2.49. The number of carbonyl (C=O) groups excluding carboxylic acids is 1. The third-order valence-electron chi connectivity index (χ3n) is 3.37. The zero-order chi connectivity index (χ0) is 15.5. The van der Waals surface area contributed by atoms with Crippen LogP contribution in [0.4, 0.5) is 5.82 Å². The number of nitrogens with zero attached hydrogens (tertiary/aromatic N) is 3. The van der Waals surface area contributed by atoms with E-state index in [9.17, 15) is 13.2 Å². The maximum atomic E-state index is 12.4. The largest absolute Gasteiger partial charge is 0.369 e. The molecule has 1 aliphatic rings. The van der Waals surface area contributed by atoms with E-state index in [2.05, 4.69) is 15.5 Å². The minimum atomic E-state index is -3.04. The Bertz CT molecular complexity index is 600. The van der Waals surface area contributed by atoms with Gasteiger partial charge in [-0.1, -0.05) is 6.92 Å². The van der Waals surface area contributed by atoms with E-state index in [0.717, 1.165) is 13.0 Å². The molecule has 0 aromatic carbocycles. The molecule has 1 atom stereocenters. The molecule has 0 saturated carbocycles. The van der Waals surface area contributed by atoms with Crippen molar-refractivity contribution in [3.8, 4) is 0 Å². The maximum absolute atomic E-state index is 12.4. The van der Waals surface area contributed by atoms with Crippen LogP contribution in [-0.2, 0) is 9.84 Å². The number of aromatic nitrogens is 2. The summed E-state index contributed by atoms with van der Waals surface area (Å²) in [6, 6.07) is 2.99. The quantitative estimate of drug-likeness (QED) is 0.873. The number of nitrogens with one attached hydrogen (secondary N) is 1. The van der Waals surface area contributed by atoms with E-state index in [1.165, 1.54) is 0 Å². The minimum absolute atomic E-state index is 0.00229. The highest BCUT2D eigenvalue weighted by molar-refractivity contribution is 7.91. The van der Waals surface area contributed by atoms with Gasteiger partial charge in [-0.25, -0.2) is 8.42 Å². The first-order valence-electron chi connectivity index (χ1n) is 7.02. The fourth-order valence-electron chi connectivity index (χ4n) is 2.24. The maximum Gasteiger partial charge on any atom is 0.274 e. The predicted molar refractivity (Wildman–Crippen MR) is 80.0 cm³/mol. The number of carbonyl (C=O) groups is 1. The summed E-state index contributed by atoms with van der Waals surface area (Å²) in [6.07, 6.45) is 0.974. The van der Waals surface area contributed by atoms with E-state index in [0.29, 0.717) is 5.82 Å². The van der Waals surface area contributed by atoms with Crippen LogP contribution in [-0.4, -0.2) is 60.1 Å². The number of amides is 1. The van der Waals surface area contributed by atoms with Crippen molar-refractivity contribution < 1.29 is 13.2 Å². The van der Waals surface area contributed by atoms with E-state index >= 15 is 0 Å². The summed E-state index contributed by atoms with van der Waals surface area (Å²) in [5.41, 5.74) is 0.239. The lowest BCUT2D eigenvalue weighted by molar-refractivity contribution is 0.0705. The molecule has 8 heteroatoms. The van der Waals surface area contributed by atoms with Gasteiger partial charge in [0.05, 0.1) is 11.5 Å². The Hall–Kier alpha value is -1.70. The first-order valence-corrected chi connectivity index (χ1v) is 8.84. The van der Waals surface area contributed by atoms with Crippen LogP contribution in [0.25, 0.3) is 0 Å². The molecule has 1 fully saturated rings. The van der Waals surface area contributed by atoms with E-state index in [1.54, 1.807) is 24.0 Å². The molecular weight excluding hydrogens is 292 g/mol. The Labute approximate surface area is 124 Å². The Balaban J connectivity index is 2.06. The summed E-state index contributed by atoms with van der Waals surface area (Å²) in [7, 11) is -3.04. The van der Waals surface area contributed by atoms with Gasteiger partial charge in [0.15, 0.2) is 15.5 Å². The third kappa shape index (κ3) is 3.90. The third-order valence-corrected chi connectivity index (χ3v) is 5.17. The zero-order valence-electron chi connectivity index (χ0n) is 12.2. The molecule has 1 aromatic rings. The smallest absolute Gasteiger partial charge is 0.274 e. The molecule has 1 aliphatic heterocycles. The summed E-state index contributed by atoms with van der Waals surface area (Å²) < 4.78 is 23.1. The zero-order valence-corrected chi connectivity index (χ0v) is 13.1. The molecule has 21 heavy (non-hydrogen) atoms. The minimum Gasteiger partial charge on any atom is -0.369 e. The first-order chi connectivity index (χ1) is 9.93. The SMILES string of the molecule is CCCNc1ccc(C(=O)N2CCS(=O)(=O)CC2C)nn1. The van der Waals surface area contributed by atoms with Gasteiger partial charge in [-0.2, -0.15) is 0 Å². The molecule has 2 rings (SSSR count). The van der Waals surface area contributed by atoms with Crippen LogP contribution in [0, 0.1) is 0 Å². The van der Waals surface area contributed by atoms with Gasteiger partial charge in [-0.15, -0.1) is 10.2 Å². The molecule has 1 aromatic heterocycles. The molecule has 2 heterocycles. The predicted octanol–water partition coefficient (Wildman–Crippen LogP) is 0.558. The van der Waals surface area contributed by atoms with Crippen molar-refractivity contribution in [2.45, 2.75) is 26.3 Å². The Kier molecular flexibility index (Phi) is 4.76. The standard InChI is InChI=1S/C13H20N4O3S/c1-3-6-14-12-5-4-11(15-16-12)13(18)17-7-8-21(19,20)9-10(17)2/h4-5,10H,3,6-9H2,1-2H3,(H,14,16). The van der Waals surface area contributed by atoms with E-state index in [1.807, 2.05) is 6.92 Å². The van der Waals surface area contributed by atoms with Gasteiger partial charge in [0.1, 0.15) is 5.82 Å². The topological polar surface area (TPSA) is 92.3 Å². The highest BCUT2D eigenvalue weighted by Crippen LogP contribution is 2.14. The van der Waals surface area contributed by atoms with Gasteiger partial charge in [-0.3, -0.25) is 4.79 Å². The number of sulfone groups is 1. The lowest BCUT2D eigenvalue weighted by atomic mass is 10.2. The van der Waals surface area contributed by atoms with Crippen molar-refractivity contribution in [1.82, 2.24) is 15.1 Å². The Morgan fingerprint density at radius 2 is 2.19 bits per heavy atom. The number of rotatable bonds is 4. The number of hydrogen-bond acceptors (Lipinski definition) is 6. The molecular formula is C13H20N4O3S. The lowest BCUT2D eigenvalue weighted by Gasteiger charge is -2.32. The second-order valence-electron chi connectivity index (χ2n) is 5.19. The van der Waals surface area contributed by atoms with Gasteiger partial charge < -0.3 is 10.2 Å². The van der Waals surface area contributed by atoms with Crippen LogP contribution in [0.3, 0.4) is 0 Å². The second-order valence-corrected chi connectivity index (χ2v) is 7.42. The van der Waals surface area contributed by atoms with Gasteiger partial charge in [-0.05, 0) is 25.5 Å². The van der Waals surface area contributed by atoms with Crippen molar-refractivity contribution in [3.63, 3.8) is 0 Å². The molecule has 1 saturated heterocycles. The molecule has 116 valence electrons. The van der Waals surface area contributed by atoms with Gasteiger partial charge >= 0.3 is 0 Å². The average molecular weight is 312 g/mol. The molecule has 0 bridgehead atoms. The normalized spacial score (nSPS) is 21.0. The molecule has 7 nitrogen and oxygen atoms in total. The van der Waals surface area contributed by atoms with Crippen LogP contribution >= 0.6 is 0 Å². The van der Waals surface area contributed by atoms with Crippen LogP contribution in [0.15, 0.2) is 12.1 Å². The first kappa shape index (κ1) is 15.7. The van der Waals surface area contributed by atoms with Gasteiger partial charge in [0.2, 0.25) is 0 Å². The summed E-state index contributed by atoms with van der Waals surface area (Å²) in [5.74, 6) is 0.365. The average Bonchev–Trinajstić information content (AvgIpc) is 2.44. The van der Waals surface area contributed by atoms with Crippen molar-refractivity contribution >= 4 is 21.6 Å². The molecule has 0 aliphatic carbocycles. The molecule has 0 spiro atoms. The van der Waals surface area contributed by atoms with Crippen molar-refractivity contribution in [3.05, 3.63) is 17.8 Å². The monoisotopic (exact) mass is 312 g/mol. The highest BCUT2D eigenvalue weighted by atomic mass is 32.2. The van der Waals surface area contributed by atoms with E-state index in [4.69, 9.17) is 0 Å². The van der Waals surface area contributed by atoms with E-state index < -0.39 is 9.84 Å². The molecule has 1 amide bonds. The second kappa shape index (κ2) is 6.38.